The zero-order chi connectivity index (χ0) is 15.5. The number of pyridine rings is 1. The molecule has 6 nitrogen and oxygen atoms in total. The molecule has 3 rings (SSSR count). The Morgan fingerprint density at radius 2 is 2.14 bits per heavy atom. The molecule has 6 heteroatoms. The minimum absolute atomic E-state index is 0.00529. The molecule has 3 N–H and O–H groups in total. The average Bonchev–Trinajstić information content (AvgIpc) is 2.88. The van der Waals surface area contributed by atoms with Crippen LogP contribution >= 0.6 is 0 Å². The summed E-state index contributed by atoms with van der Waals surface area (Å²) in [4.78, 5) is 4.41. The van der Waals surface area contributed by atoms with E-state index in [1.165, 1.54) is 10.1 Å². The Hall–Kier alpha value is -2.73. The Morgan fingerprint density at radius 3 is 2.95 bits per heavy atom. The van der Waals surface area contributed by atoms with E-state index in [1.807, 2.05) is 25.2 Å². The lowest BCUT2D eigenvalue weighted by Gasteiger charge is -2.00. The van der Waals surface area contributed by atoms with E-state index in [4.69, 9.17) is 10.8 Å². The zero-order valence-corrected chi connectivity index (χ0v) is 12.3. The van der Waals surface area contributed by atoms with Crippen molar-refractivity contribution in [3.8, 4) is 0 Å². The molecule has 0 radical (unpaired) electrons. The van der Waals surface area contributed by atoms with E-state index in [2.05, 4.69) is 32.9 Å². The minimum atomic E-state index is -0.00529. The molecular weight excluding hydrogens is 278 g/mol. The van der Waals surface area contributed by atoms with Gasteiger partial charge >= 0.3 is 0 Å². The van der Waals surface area contributed by atoms with Crippen LogP contribution in [0.15, 0.2) is 47.6 Å². The molecule has 0 atom stereocenters. The van der Waals surface area contributed by atoms with Crippen molar-refractivity contribution >= 4 is 28.6 Å². The van der Waals surface area contributed by atoms with Gasteiger partial charge in [-0.25, -0.2) is 9.67 Å². The molecule has 0 unspecified atom stereocenters. The van der Waals surface area contributed by atoms with Gasteiger partial charge in [0.15, 0.2) is 0 Å². The fourth-order valence-corrected chi connectivity index (χ4v) is 2.38. The number of hydrogen-bond acceptors (Lipinski definition) is 4. The van der Waals surface area contributed by atoms with Gasteiger partial charge < -0.3 is 10.8 Å². The van der Waals surface area contributed by atoms with E-state index < -0.39 is 0 Å². The molecule has 1 aromatic carbocycles. The van der Waals surface area contributed by atoms with Crippen LogP contribution in [0, 0.1) is 0 Å². The molecule has 0 bridgehead atoms. The third-order valence-electron chi connectivity index (χ3n) is 3.63. The van der Waals surface area contributed by atoms with E-state index in [9.17, 15) is 0 Å². The summed E-state index contributed by atoms with van der Waals surface area (Å²) < 4.78 is 3.61. The van der Waals surface area contributed by atoms with Crippen molar-refractivity contribution in [3.63, 3.8) is 0 Å². The highest BCUT2D eigenvalue weighted by Crippen LogP contribution is 2.20. The maximum Gasteiger partial charge on any atom is 0.223 e. The highest BCUT2D eigenvalue weighted by molar-refractivity contribution is 5.83. The van der Waals surface area contributed by atoms with Crippen LogP contribution in [0.4, 0.5) is 11.5 Å². The summed E-state index contributed by atoms with van der Waals surface area (Å²) >= 11 is 0. The van der Waals surface area contributed by atoms with Gasteiger partial charge in [-0.05, 0) is 12.1 Å². The average molecular weight is 296 g/mol. The Morgan fingerprint density at radius 1 is 1.32 bits per heavy atom. The molecule has 0 fully saturated rings. The van der Waals surface area contributed by atoms with Gasteiger partial charge in [-0.1, -0.05) is 12.1 Å². The van der Waals surface area contributed by atoms with Gasteiger partial charge in [0.25, 0.3) is 0 Å². The summed E-state index contributed by atoms with van der Waals surface area (Å²) in [6.45, 7) is 0.361. The standard InChI is InChI=1S/C16H17N5O/c1-20-13(7-6-12-4-2-3-5-15(12)20)10-18-14-11-19-21(8-9-22)16(14)17/h2-7,10-11,17,22H,8-9H2,1H3/p+1. The monoisotopic (exact) mass is 296 g/mol. The molecule has 0 aliphatic carbocycles. The number of aliphatic imine (C=N–C) groups is 1. The van der Waals surface area contributed by atoms with Crippen LogP contribution in [0.3, 0.4) is 0 Å². The van der Waals surface area contributed by atoms with Crippen LogP contribution in [0.5, 0.6) is 0 Å². The lowest BCUT2D eigenvalue weighted by molar-refractivity contribution is -0.645. The van der Waals surface area contributed by atoms with Crippen LogP contribution in [0.2, 0.25) is 0 Å². The number of aryl methyl sites for hydroxylation is 1. The second-order valence-corrected chi connectivity index (χ2v) is 5.00. The molecule has 0 saturated carbocycles. The molecule has 3 aromatic rings. The lowest BCUT2D eigenvalue weighted by Crippen LogP contribution is -2.34. The van der Waals surface area contributed by atoms with Crippen LogP contribution in [-0.4, -0.2) is 27.7 Å². The van der Waals surface area contributed by atoms with Gasteiger partial charge in [0, 0.05) is 17.5 Å². The SMILES string of the molecule is C[n+]1c(C=Nc2cnn(CCO)c2N)ccc2ccccc21. The molecule has 0 spiro atoms. The van der Waals surface area contributed by atoms with Crippen molar-refractivity contribution in [3.05, 3.63) is 48.3 Å². The van der Waals surface area contributed by atoms with Crippen molar-refractivity contribution in [1.82, 2.24) is 9.78 Å². The summed E-state index contributed by atoms with van der Waals surface area (Å²) in [5.41, 5.74) is 8.65. The first-order valence-corrected chi connectivity index (χ1v) is 7.04. The summed E-state index contributed by atoms with van der Waals surface area (Å²) in [6.07, 6.45) is 3.37. The number of nitrogens with zero attached hydrogens (tertiary/aromatic N) is 4. The first kappa shape index (κ1) is 14.2. The highest BCUT2D eigenvalue weighted by Gasteiger charge is 2.10. The normalized spacial score (nSPS) is 11.5. The topological polar surface area (TPSA) is 80.3 Å². The number of rotatable bonds is 4. The molecule has 112 valence electrons. The number of nitrogen functional groups attached to an aromatic ring is 1. The van der Waals surface area contributed by atoms with Gasteiger partial charge in [-0.2, -0.15) is 9.67 Å². The molecule has 0 aliphatic heterocycles. The van der Waals surface area contributed by atoms with E-state index >= 15 is 0 Å². The number of para-hydroxylation sites is 1. The summed E-state index contributed by atoms with van der Waals surface area (Å²) in [5.74, 6) is 0.453. The smallest absolute Gasteiger partial charge is 0.223 e. The molecule has 0 amide bonds. The third kappa shape index (κ3) is 2.56. The molecule has 2 heterocycles. The predicted molar refractivity (Wildman–Crippen MR) is 86.1 cm³/mol. The van der Waals surface area contributed by atoms with Gasteiger partial charge in [-0.15, -0.1) is 0 Å². The summed E-state index contributed by atoms with van der Waals surface area (Å²) in [5, 5.41) is 14.2. The van der Waals surface area contributed by atoms with Gasteiger partial charge in [0.2, 0.25) is 11.2 Å². The number of nitrogens with two attached hydrogens (primary N) is 1. The van der Waals surface area contributed by atoms with E-state index in [0.717, 1.165) is 11.2 Å². The van der Waals surface area contributed by atoms with Crippen LogP contribution in [-0.2, 0) is 13.6 Å². The quantitative estimate of drug-likeness (QED) is 0.560. The van der Waals surface area contributed by atoms with Crippen molar-refractivity contribution in [1.29, 1.82) is 0 Å². The number of aliphatic hydroxyl groups excluding tert-OH is 1. The zero-order valence-electron chi connectivity index (χ0n) is 12.3. The second kappa shape index (κ2) is 5.95. The number of anilines is 1. The summed E-state index contributed by atoms with van der Waals surface area (Å²) in [6, 6.07) is 12.3. The van der Waals surface area contributed by atoms with Crippen LogP contribution in [0.25, 0.3) is 10.9 Å². The summed E-state index contributed by atoms with van der Waals surface area (Å²) in [7, 11) is 2.00. The maximum absolute atomic E-state index is 8.94. The van der Waals surface area contributed by atoms with Gasteiger partial charge in [0.05, 0.1) is 25.6 Å². The molecule has 0 aliphatic rings. The van der Waals surface area contributed by atoms with Crippen molar-refractivity contribution in [2.24, 2.45) is 12.0 Å². The van der Waals surface area contributed by atoms with Crippen molar-refractivity contribution in [2.75, 3.05) is 12.3 Å². The van der Waals surface area contributed by atoms with Crippen LogP contribution < -0.4 is 10.3 Å². The predicted octanol–water partition coefficient (Wildman–Crippen LogP) is 1.19. The number of aliphatic hydroxyl groups is 1. The minimum Gasteiger partial charge on any atom is -0.394 e. The Bertz CT molecular complexity index is 838. The van der Waals surface area contributed by atoms with E-state index in [0.29, 0.717) is 18.1 Å². The fourth-order valence-electron chi connectivity index (χ4n) is 2.38. The number of benzene rings is 1. The number of fused-ring (bicyclic) bond motifs is 1. The van der Waals surface area contributed by atoms with E-state index in [-0.39, 0.29) is 6.61 Å². The van der Waals surface area contributed by atoms with Crippen molar-refractivity contribution in [2.45, 2.75) is 6.54 Å². The largest absolute Gasteiger partial charge is 0.394 e. The maximum atomic E-state index is 8.94. The molecule has 2 aromatic heterocycles. The highest BCUT2D eigenvalue weighted by atomic mass is 16.3. The fraction of sp³-hybridized carbons (Fsp3) is 0.188. The Labute approximate surface area is 128 Å². The number of aromatic nitrogens is 3. The third-order valence-corrected chi connectivity index (χ3v) is 3.63. The molecule has 0 saturated heterocycles. The Kier molecular flexibility index (Phi) is 3.84. The Balaban J connectivity index is 1.94. The molecular formula is C16H18N5O+. The van der Waals surface area contributed by atoms with Crippen LogP contribution in [0.1, 0.15) is 5.69 Å². The first-order chi connectivity index (χ1) is 10.7. The van der Waals surface area contributed by atoms with Gasteiger partial charge in [-0.3, -0.25) is 0 Å². The first-order valence-electron chi connectivity index (χ1n) is 7.04. The number of hydrogen-bond donors (Lipinski definition) is 2. The van der Waals surface area contributed by atoms with Crippen molar-refractivity contribution < 1.29 is 9.67 Å². The van der Waals surface area contributed by atoms with Gasteiger partial charge in [0.1, 0.15) is 18.6 Å². The van der Waals surface area contributed by atoms with E-state index in [1.54, 1.807) is 12.4 Å². The second-order valence-electron chi connectivity index (χ2n) is 5.00. The lowest BCUT2D eigenvalue weighted by atomic mass is 10.2. The molecule has 22 heavy (non-hydrogen) atoms.